The van der Waals surface area contributed by atoms with E-state index in [1.807, 2.05) is 6.07 Å². The molecule has 1 fully saturated rings. The Kier molecular flexibility index (Phi) is 4.50. The summed E-state index contributed by atoms with van der Waals surface area (Å²) in [4.78, 5) is 18.3. The van der Waals surface area contributed by atoms with E-state index in [1.54, 1.807) is 12.1 Å². The van der Waals surface area contributed by atoms with Crippen LogP contribution < -0.4 is 16.3 Å². The summed E-state index contributed by atoms with van der Waals surface area (Å²) in [5.41, 5.74) is 0.0746. The molecule has 0 saturated carbocycles. The summed E-state index contributed by atoms with van der Waals surface area (Å²) in [5, 5.41) is 13.9. The number of anilines is 1. The van der Waals surface area contributed by atoms with Crippen molar-refractivity contribution in [2.24, 2.45) is 0 Å². The molecule has 24 heavy (non-hydrogen) atoms. The first kappa shape index (κ1) is 16.4. The van der Waals surface area contributed by atoms with E-state index < -0.39 is 5.69 Å². The van der Waals surface area contributed by atoms with Crippen LogP contribution in [0.1, 0.15) is 6.42 Å². The molecule has 2 aromatic heterocycles. The van der Waals surface area contributed by atoms with Gasteiger partial charge in [0.25, 0.3) is 0 Å². The van der Waals surface area contributed by atoms with Crippen LogP contribution in [-0.2, 0) is 0 Å². The van der Waals surface area contributed by atoms with Gasteiger partial charge in [-0.05, 0) is 30.5 Å². The number of H-pyrrole nitrogens is 2. The second-order valence-corrected chi connectivity index (χ2v) is 5.55. The highest BCUT2D eigenvalue weighted by Gasteiger charge is 2.19. The van der Waals surface area contributed by atoms with Gasteiger partial charge in [-0.1, -0.05) is 12.1 Å². The van der Waals surface area contributed by atoms with Gasteiger partial charge in [-0.3, -0.25) is 4.98 Å². The molecular weight excluding hydrogens is 335 g/mol. The van der Waals surface area contributed by atoms with Crippen LogP contribution in [0.15, 0.2) is 29.1 Å². The fraction of sp³-hybridized carbons (Fsp3) is 0.267. The number of fused-ring (bicyclic) bond motifs is 1. The van der Waals surface area contributed by atoms with E-state index >= 15 is 0 Å². The van der Waals surface area contributed by atoms with Crippen LogP contribution in [0, 0.1) is 5.82 Å². The lowest BCUT2D eigenvalue weighted by molar-refractivity contribution is 0.639. The number of aromatic amines is 2. The zero-order chi connectivity index (χ0) is 15.8. The maximum absolute atomic E-state index is 14.3. The van der Waals surface area contributed by atoms with Crippen molar-refractivity contribution in [1.29, 1.82) is 0 Å². The molecule has 0 amide bonds. The first-order chi connectivity index (χ1) is 11.2. The van der Waals surface area contributed by atoms with Crippen molar-refractivity contribution in [2.75, 3.05) is 18.4 Å². The quantitative estimate of drug-likeness (QED) is 0.575. The first-order valence-electron chi connectivity index (χ1n) is 7.42. The van der Waals surface area contributed by atoms with E-state index in [0.717, 1.165) is 19.5 Å². The number of hydrogen-bond donors (Lipinski definition) is 4. The molecule has 126 valence electrons. The monoisotopic (exact) mass is 350 g/mol. The van der Waals surface area contributed by atoms with E-state index in [2.05, 4.69) is 30.8 Å². The molecule has 4 rings (SSSR count). The second kappa shape index (κ2) is 6.58. The average Bonchev–Trinajstić information content (AvgIpc) is 3.19. The molecule has 3 heterocycles. The lowest BCUT2D eigenvalue weighted by Gasteiger charge is -2.15. The maximum Gasteiger partial charge on any atom is 0.340 e. The molecule has 1 aliphatic rings. The highest BCUT2D eigenvalue weighted by Crippen LogP contribution is 2.29. The fourth-order valence-electron chi connectivity index (χ4n) is 2.86. The number of benzene rings is 1. The van der Waals surface area contributed by atoms with Crippen molar-refractivity contribution >= 4 is 29.0 Å². The number of rotatable bonds is 3. The van der Waals surface area contributed by atoms with Crippen LogP contribution in [0.2, 0.25) is 0 Å². The summed E-state index contributed by atoms with van der Waals surface area (Å²) in [6.07, 6.45) is 0.946. The summed E-state index contributed by atoms with van der Waals surface area (Å²) in [6, 6.07) is 6.78. The molecule has 0 aliphatic carbocycles. The Bertz CT molecular complexity index is 918. The van der Waals surface area contributed by atoms with Gasteiger partial charge in [0, 0.05) is 12.6 Å². The molecule has 1 unspecified atom stereocenters. The van der Waals surface area contributed by atoms with Gasteiger partial charge in [-0.25, -0.2) is 19.3 Å². The first-order valence-corrected chi connectivity index (χ1v) is 7.42. The molecule has 4 N–H and O–H groups in total. The third kappa shape index (κ3) is 2.98. The molecule has 3 aromatic rings. The molecule has 1 aromatic carbocycles. The maximum atomic E-state index is 14.3. The van der Waals surface area contributed by atoms with Crippen molar-refractivity contribution in [1.82, 2.24) is 25.5 Å². The topological polar surface area (TPSA) is 98.5 Å². The average molecular weight is 351 g/mol. The van der Waals surface area contributed by atoms with Crippen LogP contribution in [0.3, 0.4) is 0 Å². The van der Waals surface area contributed by atoms with Crippen LogP contribution >= 0.6 is 12.4 Å². The van der Waals surface area contributed by atoms with Gasteiger partial charge in [0.15, 0.2) is 5.82 Å². The van der Waals surface area contributed by atoms with E-state index in [4.69, 9.17) is 0 Å². The van der Waals surface area contributed by atoms with E-state index in [1.165, 1.54) is 6.07 Å². The van der Waals surface area contributed by atoms with Gasteiger partial charge in [-0.2, -0.15) is 5.10 Å². The third-order valence-corrected chi connectivity index (χ3v) is 3.95. The lowest BCUT2D eigenvalue weighted by Crippen LogP contribution is -2.23. The summed E-state index contributed by atoms with van der Waals surface area (Å²) in [7, 11) is 0. The van der Waals surface area contributed by atoms with E-state index in [0.29, 0.717) is 28.1 Å². The molecule has 1 saturated heterocycles. The molecule has 0 spiro atoms. The van der Waals surface area contributed by atoms with Crippen molar-refractivity contribution in [3.05, 3.63) is 40.6 Å². The Labute approximate surface area is 142 Å². The minimum Gasteiger partial charge on any atom is -0.365 e. The molecule has 0 bridgehead atoms. The van der Waals surface area contributed by atoms with Crippen LogP contribution in [-0.4, -0.2) is 39.3 Å². The van der Waals surface area contributed by atoms with Crippen molar-refractivity contribution in [3.63, 3.8) is 0 Å². The SMILES string of the molecule is Cl.O=c1[nH]nc(-c2cc3cccc(F)c3c(NC3CCNC3)n2)[nH]1. The Morgan fingerprint density at radius 3 is 2.92 bits per heavy atom. The predicted molar refractivity (Wildman–Crippen MR) is 92.0 cm³/mol. The summed E-state index contributed by atoms with van der Waals surface area (Å²) in [5.74, 6) is 0.465. The Morgan fingerprint density at radius 1 is 1.33 bits per heavy atom. The number of hydrogen-bond acceptors (Lipinski definition) is 5. The molecular formula is C15H16ClFN6O. The standard InChI is InChI=1S/C15H15FN6O.ClH/c16-10-3-1-2-8-6-11(13-20-15(23)22-21-13)19-14(12(8)10)18-9-4-5-17-7-9;/h1-3,6,9,17H,4-5,7H2,(H,18,19)(H2,20,21,22,23);1H. The van der Waals surface area contributed by atoms with Crippen LogP contribution in [0.4, 0.5) is 10.2 Å². The molecule has 9 heteroatoms. The van der Waals surface area contributed by atoms with Crippen molar-refractivity contribution in [2.45, 2.75) is 12.5 Å². The second-order valence-electron chi connectivity index (χ2n) is 5.55. The van der Waals surface area contributed by atoms with Gasteiger partial charge < -0.3 is 10.6 Å². The fourth-order valence-corrected chi connectivity index (χ4v) is 2.86. The Morgan fingerprint density at radius 2 is 2.21 bits per heavy atom. The summed E-state index contributed by atoms with van der Waals surface area (Å²) < 4.78 is 14.3. The van der Waals surface area contributed by atoms with Gasteiger partial charge in [0.05, 0.1) is 5.39 Å². The number of halogens is 2. The highest BCUT2D eigenvalue weighted by atomic mass is 35.5. The van der Waals surface area contributed by atoms with Crippen molar-refractivity contribution in [3.8, 4) is 11.5 Å². The molecule has 1 atom stereocenters. The summed E-state index contributed by atoms with van der Waals surface area (Å²) >= 11 is 0. The number of aromatic nitrogens is 4. The van der Waals surface area contributed by atoms with E-state index in [9.17, 15) is 9.18 Å². The zero-order valence-corrected chi connectivity index (χ0v) is 13.4. The van der Waals surface area contributed by atoms with Gasteiger partial charge >= 0.3 is 5.69 Å². The van der Waals surface area contributed by atoms with Crippen molar-refractivity contribution < 1.29 is 4.39 Å². The minimum absolute atomic E-state index is 0. The normalized spacial score (nSPS) is 17.0. The number of pyridine rings is 1. The van der Waals surface area contributed by atoms with Crippen LogP contribution in [0.25, 0.3) is 22.3 Å². The minimum atomic E-state index is -0.407. The highest BCUT2D eigenvalue weighted by molar-refractivity contribution is 5.94. The molecule has 7 nitrogen and oxygen atoms in total. The van der Waals surface area contributed by atoms with Gasteiger partial charge in [0.1, 0.15) is 17.3 Å². The Balaban J connectivity index is 0.00000169. The lowest BCUT2D eigenvalue weighted by atomic mass is 10.1. The van der Waals surface area contributed by atoms with E-state index in [-0.39, 0.29) is 24.3 Å². The van der Waals surface area contributed by atoms with Crippen LogP contribution in [0.5, 0.6) is 0 Å². The molecule has 1 aliphatic heterocycles. The third-order valence-electron chi connectivity index (χ3n) is 3.95. The predicted octanol–water partition coefficient (Wildman–Crippen LogP) is 1.65. The Hall–Kier alpha value is -2.45. The smallest absolute Gasteiger partial charge is 0.340 e. The number of nitrogens with zero attached hydrogens (tertiary/aromatic N) is 2. The van der Waals surface area contributed by atoms with Gasteiger partial charge in [-0.15, -0.1) is 12.4 Å². The zero-order valence-electron chi connectivity index (χ0n) is 12.6. The largest absolute Gasteiger partial charge is 0.365 e. The molecule has 0 radical (unpaired) electrons. The van der Waals surface area contributed by atoms with Gasteiger partial charge in [0.2, 0.25) is 0 Å². The number of nitrogens with one attached hydrogen (secondary N) is 4. The summed E-state index contributed by atoms with van der Waals surface area (Å²) in [6.45, 7) is 1.73.